The van der Waals surface area contributed by atoms with E-state index in [4.69, 9.17) is 0 Å². The van der Waals surface area contributed by atoms with E-state index in [-0.39, 0.29) is 42.0 Å². The van der Waals surface area contributed by atoms with E-state index >= 15 is 0 Å². The lowest BCUT2D eigenvalue weighted by Crippen LogP contribution is -2.36. The van der Waals surface area contributed by atoms with E-state index in [1.54, 1.807) is 24.3 Å². The Morgan fingerprint density at radius 3 is 2.55 bits per heavy atom. The van der Waals surface area contributed by atoms with Crippen LogP contribution in [0.25, 0.3) is 0 Å². The van der Waals surface area contributed by atoms with Gasteiger partial charge < -0.3 is 16.0 Å². The van der Waals surface area contributed by atoms with Crippen LogP contribution in [0.4, 0.5) is 4.79 Å². The maximum atomic E-state index is 12.3. The molecule has 2 saturated heterocycles. The van der Waals surface area contributed by atoms with E-state index < -0.39 is 0 Å². The predicted octanol–water partition coefficient (Wildman–Crippen LogP) is 2.30. The van der Waals surface area contributed by atoms with Crippen LogP contribution in [0.3, 0.4) is 0 Å². The van der Waals surface area contributed by atoms with Crippen LogP contribution in [0.1, 0.15) is 59.7 Å². The van der Waals surface area contributed by atoms with Crippen molar-refractivity contribution < 1.29 is 19.2 Å². The van der Waals surface area contributed by atoms with Crippen LogP contribution >= 0.6 is 11.8 Å². The molecule has 0 spiro atoms. The molecule has 3 unspecified atom stereocenters. The number of carbonyl (C=O) groups is 4. The Balaban J connectivity index is 1.36. The molecule has 2 aliphatic heterocycles. The topological polar surface area (TPSA) is 104 Å². The summed E-state index contributed by atoms with van der Waals surface area (Å²) in [4.78, 5) is 47.6. The fraction of sp³-hybridized carbons (Fsp3) is 0.524. The zero-order valence-corrected chi connectivity index (χ0v) is 17.3. The van der Waals surface area contributed by atoms with Crippen LogP contribution in [0.2, 0.25) is 0 Å². The summed E-state index contributed by atoms with van der Waals surface area (Å²) in [5.41, 5.74) is 0.944. The summed E-state index contributed by atoms with van der Waals surface area (Å²) < 4.78 is 0. The molecule has 29 heavy (non-hydrogen) atoms. The quantitative estimate of drug-likeness (QED) is 0.235. The van der Waals surface area contributed by atoms with Crippen LogP contribution in [0, 0.1) is 0 Å². The van der Waals surface area contributed by atoms with Crippen molar-refractivity contribution in [2.75, 3.05) is 12.3 Å². The molecule has 3 N–H and O–H groups in total. The number of unbranched alkanes of at least 4 members (excludes halogenated alkanes) is 1. The first-order valence-electron chi connectivity index (χ1n) is 10.1. The van der Waals surface area contributed by atoms with Crippen LogP contribution in [-0.4, -0.2) is 53.1 Å². The molecule has 0 aliphatic carbocycles. The molecule has 8 heteroatoms. The smallest absolute Gasteiger partial charge is 0.315 e. The number of urea groups is 1. The van der Waals surface area contributed by atoms with Gasteiger partial charge >= 0.3 is 6.03 Å². The van der Waals surface area contributed by atoms with E-state index in [1.165, 1.54) is 0 Å². The van der Waals surface area contributed by atoms with Gasteiger partial charge in [0, 0.05) is 35.1 Å². The van der Waals surface area contributed by atoms with E-state index in [2.05, 4.69) is 16.0 Å². The molecule has 1 aromatic rings. The molecular weight excluding hydrogens is 390 g/mol. The van der Waals surface area contributed by atoms with Crippen molar-refractivity contribution in [2.24, 2.45) is 0 Å². The molecule has 2 aliphatic rings. The van der Waals surface area contributed by atoms with E-state index in [0.717, 1.165) is 25.0 Å². The zero-order valence-electron chi connectivity index (χ0n) is 16.5. The summed E-state index contributed by atoms with van der Waals surface area (Å²) in [6.07, 6.45) is 2.88. The van der Waals surface area contributed by atoms with Gasteiger partial charge in [0.2, 0.25) is 0 Å². The first-order chi connectivity index (χ1) is 14.0. The van der Waals surface area contributed by atoms with Gasteiger partial charge in [-0.25, -0.2) is 4.79 Å². The minimum atomic E-state index is -0.216. The van der Waals surface area contributed by atoms with Crippen LogP contribution < -0.4 is 16.0 Å². The van der Waals surface area contributed by atoms with Gasteiger partial charge in [0.15, 0.2) is 5.78 Å². The third kappa shape index (κ3) is 5.59. The number of hydrogen-bond acceptors (Lipinski definition) is 5. The normalized spacial score (nSPS) is 22.5. The molecule has 0 aromatic heterocycles. The number of benzene rings is 1. The van der Waals surface area contributed by atoms with Crippen molar-refractivity contribution in [2.45, 2.75) is 56.4 Å². The van der Waals surface area contributed by atoms with Gasteiger partial charge in [-0.15, -0.1) is 0 Å². The number of thioether (sulfide) groups is 1. The third-order valence-corrected chi connectivity index (χ3v) is 6.81. The van der Waals surface area contributed by atoms with Gasteiger partial charge in [-0.1, -0.05) is 18.6 Å². The Labute approximate surface area is 174 Å². The van der Waals surface area contributed by atoms with Crippen molar-refractivity contribution in [1.29, 1.82) is 0 Å². The van der Waals surface area contributed by atoms with E-state index in [1.807, 2.05) is 18.7 Å². The van der Waals surface area contributed by atoms with Gasteiger partial charge in [0.05, 0.1) is 18.5 Å². The lowest BCUT2D eigenvalue weighted by atomic mass is 9.99. The van der Waals surface area contributed by atoms with Gasteiger partial charge in [0.25, 0.3) is 5.91 Å². The third-order valence-electron chi connectivity index (χ3n) is 5.30. The van der Waals surface area contributed by atoms with Crippen LogP contribution in [0.15, 0.2) is 24.3 Å². The molecule has 0 saturated carbocycles. The lowest BCUT2D eigenvalue weighted by Gasteiger charge is -2.16. The monoisotopic (exact) mass is 417 g/mol. The Kier molecular flexibility index (Phi) is 7.30. The van der Waals surface area contributed by atoms with Crippen molar-refractivity contribution >= 4 is 35.3 Å². The molecule has 0 radical (unpaired) electrons. The summed E-state index contributed by atoms with van der Waals surface area (Å²) in [5.74, 6) is 0.477. The minimum Gasteiger partial charge on any atom is -0.352 e. The number of amides is 3. The molecule has 2 fully saturated rings. The number of rotatable bonds is 10. The molecule has 0 bridgehead atoms. The summed E-state index contributed by atoms with van der Waals surface area (Å²) >= 11 is 1.86. The van der Waals surface area contributed by atoms with Crippen molar-refractivity contribution in [1.82, 2.24) is 16.0 Å². The van der Waals surface area contributed by atoms with Crippen molar-refractivity contribution in [3.63, 3.8) is 0 Å². The molecular formula is C21H27N3O4S. The molecule has 2 heterocycles. The predicted molar refractivity (Wildman–Crippen MR) is 112 cm³/mol. The highest BCUT2D eigenvalue weighted by Gasteiger charge is 2.42. The second-order valence-corrected chi connectivity index (χ2v) is 8.72. The van der Waals surface area contributed by atoms with Gasteiger partial charge in [-0.2, -0.15) is 11.8 Å². The highest BCUT2D eigenvalue weighted by atomic mass is 32.2. The van der Waals surface area contributed by atoms with E-state index in [9.17, 15) is 19.2 Å². The first kappa shape index (κ1) is 21.4. The Bertz CT molecular complexity index is 781. The fourth-order valence-corrected chi connectivity index (χ4v) is 5.29. The van der Waals surface area contributed by atoms with Crippen molar-refractivity contribution in [3.05, 3.63) is 35.4 Å². The molecule has 3 rings (SSSR count). The van der Waals surface area contributed by atoms with Gasteiger partial charge in [-0.3, -0.25) is 14.4 Å². The Morgan fingerprint density at radius 2 is 1.83 bits per heavy atom. The van der Waals surface area contributed by atoms with Gasteiger partial charge in [-0.05, 0) is 31.9 Å². The number of ketones is 2. The highest BCUT2D eigenvalue weighted by molar-refractivity contribution is 8.00. The summed E-state index contributed by atoms with van der Waals surface area (Å²) in [6, 6.07) is 6.72. The summed E-state index contributed by atoms with van der Waals surface area (Å²) in [7, 11) is 0. The summed E-state index contributed by atoms with van der Waals surface area (Å²) in [6.45, 7) is 2.38. The number of fused-ring (bicyclic) bond motifs is 1. The minimum absolute atomic E-state index is 0.0596. The maximum absolute atomic E-state index is 12.3. The number of nitrogens with one attached hydrogen (secondary N) is 3. The average Bonchev–Trinajstić information content (AvgIpc) is 3.25. The van der Waals surface area contributed by atoms with Crippen LogP contribution in [-0.2, 0) is 4.79 Å². The fourth-order valence-electron chi connectivity index (χ4n) is 3.75. The standard InChI is InChI=1S/C21H27N3O4S/c1-2-22-20(27)14-9-7-13(8-10-14)17(26)11-15(25)5-3-4-6-18-19-16(12-29-18)23-21(28)24-19/h7-10,16,18-19H,2-6,11-12H2,1H3,(H,22,27)(H2,23,24,28). The van der Waals surface area contributed by atoms with Crippen molar-refractivity contribution in [3.8, 4) is 0 Å². The van der Waals surface area contributed by atoms with Gasteiger partial charge in [0.1, 0.15) is 5.78 Å². The molecule has 156 valence electrons. The zero-order chi connectivity index (χ0) is 20.8. The largest absolute Gasteiger partial charge is 0.352 e. The average molecular weight is 418 g/mol. The Morgan fingerprint density at radius 1 is 1.10 bits per heavy atom. The molecule has 3 atom stereocenters. The van der Waals surface area contributed by atoms with E-state index in [0.29, 0.717) is 29.3 Å². The molecule has 7 nitrogen and oxygen atoms in total. The second-order valence-electron chi connectivity index (χ2n) is 7.44. The number of Topliss-reactive ketones (excluding diaryl/α,β-unsaturated/α-hetero) is 2. The summed E-state index contributed by atoms with van der Waals surface area (Å²) in [5, 5.41) is 8.98. The SMILES string of the molecule is CCNC(=O)c1ccc(C(=O)CC(=O)CCCCC2SCC3NC(=O)NC32)cc1. The second kappa shape index (κ2) is 9.91. The van der Waals surface area contributed by atoms with Crippen LogP contribution in [0.5, 0.6) is 0 Å². The number of hydrogen-bond donors (Lipinski definition) is 3. The molecule has 1 aromatic carbocycles. The first-order valence-corrected chi connectivity index (χ1v) is 11.1. The maximum Gasteiger partial charge on any atom is 0.315 e. The molecule has 3 amide bonds. The Hall–Kier alpha value is -2.35. The lowest BCUT2D eigenvalue weighted by molar-refractivity contribution is -0.118. The highest BCUT2D eigenvalue weighted by Crippen LogP contribution is 2.33. The number of carbonyl (C=O) groups excluding carboxylic acids is 4.